The molecule has 108 valence electrons. The molecule has 4 heteroatoms. The van der Waals surface area contributed by atoms with Gasteiger partial charge in [0.1, 0.15) is 0 Å². The minimum absolute atomic E-state index is 0.509. The van der Waals surface area contributed by atoms with Gasteiger partial charge in [-0.05, 0) is 30.4 Å². The summed E-state index contributed by atoms with van der Waals surface area (Å²) in [5.41, 5.74) is 2.12. The first-order chi connectivity index (χ1) is 9.36. The lowest BCUT2D eigenvalue weighted by atomic mass is 10.2. The topological polar surface area (TPSA) is 45.1 Å². The lowest BCUT2D eigenvalue weighted by Gasteiger charge is -2.15. The van der Waals surface area contributed by atoms with Crippen LogP contribution in [0.15, 0.2) is 30.3 Å². The molecular formula is C16H24N2OSi. The Hall–Kier alpha value is -1.23. The maximum atomic E-state index is 10.2. The van der Waals surface area contributed by atoms with Gasteiger partial charge in [0.15, 0.2) is 0 Å². The van der Waals surface area contributed by atoms with E-state index >= 15 is 0 Å². The molecule has 1 aromatic heterocycles. The van der Waals surface area contributed by atoms with Crippen molar-refractivity contribution in [3.63, 3.8) is 0 Å². The number of hydrogen-bond donors (Lipinski definition) is 2. The average molecular weight is 288 g/mol. The molecular weight excluding hydrogens is 264 g/mol. The molecule has 0 atom stereocenters. The normalized spacial score (nSPS) is 12.3. The molecule has 0 unspecified atom stereocenters. The molecule has 1 aromatic carbocycles. The molecule has 0 radical (unpaired) electrons. The monoisotopic (exact) mass is 288 g/mol. The van der Waals surface area contributed by atoms with Crippen molar-refractivity contribution in [2.75, 3.05) is 6.54 Å². The summed E-state index contributed by atoms with van der Waals surface area (Å²) in [5, 5.41) is 5.57. The summed E-state index contributed by atoms with van der Waals surface area (Å²) in [6.45, 7) is 9.12. The van der Waals surface area contributed by atoms with Crippen LogP contribution in [0.1, 0.15) is 19.5 Å². The van der Waals surface area contributed by atoms with Crippen molar-refractivity contribution < 1.29 is 4.80 Å². The predicted molar refractivity (Wildman–Crippen MR) is 87.9 cm³/mol. The average Bonchev–Trinajstić information content (AvgIpc) is 2.36. The third-order valence-electron chi connectivity index (χ3n) is 3.39. The van der Waals surface area contributed by atoms with E-state index in [9.17, 15) is 4.80 Å². The van der Waals surface area contributed by atoms with Crippen LogP contribution in [-0.2, 0) is 6.42 Å². The van der Waals surface area contributed by atoms with Gasteiger partial charge in [-0.25, -0.2) is 0 Å². The number of rotatable bonds is 5. The molecule has 0 amide bonds. The third kappa shape index (κ3) is 3.88. The van der Waals surface area contributed by atoms with E-state index in [1.807, 2.05) is 25.2 Å². The largest absolute Gasteiger partial charge is 0.428 e. The molecule has 0 aliphatic carbocycles. The summed E-state index contributed by atoms with van der Waals surface area (Å²) in [6, 6.07) is 10.8. The molecule has 0 saturated heterocycles. The van der Waals surface area contributed by atoms with Crippen LogP contribution in [0.2, 0.25) is 13.1 Å². The zero-order chi connectivity index (χ0) is 14.8. The summed E-state index contributed by atoms with van der Waals surface area (Å²) < 4.78 is 0. The fourth-order valence-electron chi connectivity index (χ4n) is 2.18. The fraction of sp³-hybridized carbons (Fsp3) is 0.438. The van der Waals surface area contributed by atoms with Crippen molar-refractivity contribution in [1.82, 2.24) is 10.3 Å². The molecule has 2 aromatic rings. The molecule has 3 nitrogen and oxygen atoms in total. The van der Waals surface area contributed by atoms with Crippen molar-refractivity contribution in [2.24, 2.45) is 0 Å². The van der Waals surface area contributed by atoms with Crippen molar-refractivity contribution in [3.05, 3.63) is 36.0 Å². The van der Waals surface area contributed by atoms with Crippen LogP contribution < -0.4 is 10.5 Å². The zero-order valence-electron chi connectivity index (χ0n) is 12.8. The maximum Gasteiger partial charge on any atom is 0.213 e. The van der Waals surface area contributed by atoms with Crippen LogP contribution in [0.4, 0.5) is 0 Å². The first-order valence-electron chi connectivity index (χ1n) is 7.22. The summed E-state index contributed by atoms with van der Waals surface area (Å²) in [4.78, 5) is 14.9. The Labute approximate surface area is 122 Å². The van der Waals surface area contributed by atoms with E-state index in [2.05, 4.69) is 42.3 Å². The van der Waals surface area contributed by atoms with Gasteiger partial charge in [0.05, 0.1) is 5.52 Å². The minimum Gasteiger partial charge on any atom is -0.428 e. The molecule has 0 fully saturated rings. The Bertz CT molecular complexity index is 591. The molecule has 1 heterocycles. The number of aromatic nitrogens is 1. The number of nitrogens with one attached hydrogen (secondary N) is 1. The summed E-state index contributed by atoms with van der Waals surface area (Å²) in [6.07, 6.45) is 0.941. The van der Waals surface area contributed by atoms with E-state index in [0.717, 1.165) is 34.7 Å². The molecule has 0 bridgehead atoms. The van der Waals surface area contributed by atoms with Gasteiger partial charge in [0.25, 0.3) is 0 Å². The van der Waals surface area contributed by atoms with Gasteiger partial charge in [0, 0.05) is 30.1 Å². The Morgan fingerprint density at radius 1 is 1.20 bits per heavy atom. The van der Waals surface area contributed by atoms with E-state index in [4.69, 9.17) is 0 Å². The fourth-order valence-corrected chi connectivity index (χ4v) is 3.18. The van der Waals surface area contributed by atoms with Gasteiger partial charge >= 0.3 is 0 Å². The van der Waals surface area contributed by atoms with Crippen LogP contribution >= 0.6 is 0 Å². The van der Waals surface area contributed by atoms with Crippen molar-refractivity contribution in [1.29, 1.82) is 0 Å². The highest BCUT2D eigenvalue weighted by molar-refractivity contribution is 6.83. The number of pyridine rings is 1. The highest BCUT2D eigenvalue weighted by Crippen LogP contribution is 2.13. The molecule has 0 aliphatic rings. The van der Waals surface area contributed by atoms with E-state index in [0.29, 0.717) is 6.04 Å². The quantitative estimate of drug-likeness (QED) is 0.829. The Balaban J connectivity index is 2.19. The Morgan fingerprint density at radius 2 is 1.95 bits per heavy atom. The van der Waals surface area contributed by atoms with Gasteiger partial charge < -0.3 is 10.1 Å². The first-order valence-corrected chi connectivity index (χ1v) is 10.2. The van der Waals surface area contributed by atoms with Crippen LogP contribution in [0.5, 0.6) is 0 Å². The number of hydrogen-bond acceptors (Lipinski definition) is 3. The van der Waals surface area contributed by atoms with E-state index in [-0.39, 0.29) is 0 Å². The molecule has 0 aliphatic heterocycles. The van der Waals surface area contributed by atoms with E-state index < -0.39 is 8.32 Å². The molecule has 20 heavy (non-hydrogen) atoms. The number of nitrogens with zero attached hydrogens (tertiary/aromatic N) is 1. The van der Waals surface area contributed by atoms with Gasteiger partial charge in [-0.3, -0.25) is 4.98 Å². The van der Waals surface area contributed by atoms with Crippen molar-refractivity contribution >= 4 is 24.4 Å². The lowest BCUT2D eigenvalue weighted by Crippen LogP contribution is -2.41. The van der Waals surface area contributed by atoms with Crippen LogP contribution in [0, 0.1) is 0 Å². The van der Waals surface area contributed by atoms with Gasteiger partial charge in [0.2, 0.25) is 8.32 Å². The zero-order valence-corrected chi connectivity index (χ0v) is 13.8. The van der Waals surface area contributed by atoms with Gasteiger partial charge in [-0.15, -0.1) is 0 Å². The SMILES string of the molecule is CC(C)NCCc1ccc2cc([Si](C)(C)O)ccc2n1. The second kappa shape index (κ2) is 6.04. The molecule has 0 saturated carbocycles. The Morgan fingerprint density at radius 3 is 2.60 bits per heavy atom. The summed E-state index contributed by atoms with van der Waals surface area (Å²) in [7, 11) is -2.24. The van der Waals surface area contributed by atoms with E-state index in [1.165, 1.54) is 0 Å². The highest BCUT2D eigenvalue weighted by Gasteiger charge is 2.20. The number of fused-ring (bicyclic) bond motifs is 1. The van der Waals surface area contributed by atoms with Gasteiger partial charge in [-0.2, -0.15) is 0 Å². The van der Waals surface area contributed by atoms with Crippen LogP contribution in [-0.4, -0.2) is 30.7 Å². The standard InChI is InChI=1S/C16H24N2OSi/c1-12(2)17-10-9-14-6-5-13-11-15(20(3,4)19)7-8-16(13)18-14/h5-8,11-12,17,19H,9-10H2,1-4H3. The molecule has 2 rings (SSSR count). The van der Waals surface area contributed by atoms with Crippen LogP contribution in [0.25, 0.3) is 10.9 Å². The predicted octanol–water partition coefficient (Wildman–Crippen LogP) is 2.18. The van der Waals surface area contributed by atoms with Crippen molar-refractivity contribution in [3.8, 4) is 0 Å². The van der Waals surface area contributed by atoms with E-state index in [1.54, 1.807) is 0 Å². The third-order valence-corrected chi connectivity index (χ3v) is 5.11. The summed E-state index contributed by atoms with van der Waals surface area (Å²) >= 11 is 0. The lowest BCUT2D eigenvalue weighted by molar-refractivity contribution is 0.568. The number of benzene rings is 1. The minimum atomic E-state index is -2.24. The van der Waals surface area contributed by atoms with Gasteiger partial charge in [-0.1, -0.05) is 32.0 Å². The van der Waals surface area contributed by atoms with Crippen molar-refractivity contribution in [2.45, 2.75) is 39.4 Å². The first kappa shape index (κ1) is 15.2. The smallest absolute Gasteiger partial charge is 0.213 e. The molecule has 0 spiro atoms. The Kier molecular flexibility index (Phi) is 4.58. The second-order valence-electron chi connectivity index (χ2n) is 6.13. The van der Waals surface area contributed by atoms with Crippen LogP contribution in [0.3, 0.4) is 0 Å². The maximum absolute atomic E-state index is 10.2. The second-order valence-corrected chi connectivity index (χ2v) is 9.82. The highest BCUT2D eigenvalue weighted by atomic mass is 28.4. The summed E-state index contributed by atoms with van der Waals surface area (Å²) in [5.74, 6) is 0. The molecule has 2 N–H and O–H groups in total.